The Kier molecular flexibility index (Phi) is 2.86. The molecule has 6 heteroatoms. The largest absolute Gasteiger partial charge is 0.383 e. The predicted octanol–water partition coefficient (Wildman–Crippen LogP) is 1.07. The average Bonchev–Trinajstić information content (AvgIpc) is 2.65. The topological polar surface area (TPSA) is 58.0 Å². The van der Waals surface area contributed by atoms with Crippen molar-refractivity contribution in [2.45, 2.75) is 31.2 Å². The molecule has 2 heterocycles. The van der Waals surface area contributed by atoms with Crippen LogP contribution < -0.4 is 10.9 Å². The maximum absolute atomic E-state index is 12.5. The van der Waals surface area contributed by atoms with Crippen LogP contribution in [0.5, 0.6) is 0 Å². The second kappa shape index (κ2) is 4.14. The summed E-state index contributed by atoms with van der Waals surface area (Å²) in [5.74, 6) is 0.386. The molecule has 0 radical (unpaired) electrons. The van der Waals surface area contributed by atoms with Crippen LogP contribution >= 0.6 is 0 Å². The van der Waals surface area contributed by atoms with Crippen molar-refractivity contribution < 1.29 is 13.3 Å². The SMILES string of the molecule is O=c1cc([C@H]2CCN[C@H](C(F)F)C2)o[nH]1. The number of nitrogens with one attached hydrogen (secondary N) is 2. The maximum atomic E-state index is 12.5. The van der Waals surface area contributed by atoms with E-state index in [0.717, 1.165) is 0 Å². The fourth-order valence-corrected chi connectivity index (χ4v) is 1.90. The van der Waals surface area contributed by atoms with Crippen molar-refractivity contribution in [1.82, 2.24) is 10.5 Å². The highest BCUT2D eigenvalue weighted by atomic mass is 19.3. The molecule has 0 unspecified atom stereocenters. The fraction of sp³-hybridized carbons (Fsp3) is 0.667. The molecular weight excluding hydrogens is 206 g/mol. The first-order valence-electron chi connectivity index (χ1n) is 4.87. The summed E-state index contributed by atoms with van der Waals surface area (Å²) in [6, 6.07) is 0.530. The molecule has 2 atom stereocenters. The lowest BCUT2D eigenvalue weighted by atomic mass is 9.90. The fourth-order valence-electron chi connectivity index (χ4n) is 1.90. The molecule has 0 amide bonds. The van der Waals surface area contributed by atoms with E-state index in [1.807, 2.05) is 0 Å². The molecule has 0 aromatic carbocycles. The molecule has 1 aromatic rings. The quantitative estimate of drug-likeness (QED) is 0.780. The molecule has 1 aromatic heterocycles. The summed E-state index contributed by atoms with van der Waals surface area (Å²) in [5, 5.41) is 4.92. The second-order valence-electron chi connectivity index (χ2n) is 3.73. The summed E-state index contributed by atoms with van der Waals surface area (Å²) >= 11 is 0. The van der Waals surface area contributed by atoms with Gasteiger partial charge in [-0.15, -0.1) is 0 Å². The highest BCUT2D eigenvalue weighted by molar-refractivity contribution is 5.05. The van der Waals surface area contributed by atoms with Gasteiger partial charge in [-0.05, 0) is 19.4 Å². The summed E-state index contributed by atoms with van der Waals surface area (Å²) in [4.78, 5) is 10.8. The van der Waals surface area contributed by atoms with E-state index in [-0.39, 0.29) is 11.5 Å². The van der Waals surface area contributed by atoms with Crippen molar-refractivity contribution in [2.24, 2.45) is 0 Å². The first kappa shape index (κ1) is 10.4. The number of alkyl halides is 2. The van der Waals surface area contributed by atoms with Crippen LogP contribution in [0.15, 0.2) is 15.4 Å². The standard InChI is InChI=1S/C9H12F2N2O2/c10-9(11)6-3-5(1-2-12-6)7-4-8(14)13-15-7/h4-6,9,12H,1-3H2,(H,13,14)/t5-,6-/m0/s1. The molecule has 0 spiro atoms. The lowest BCUT2D eigenvalue weighted by Gasteiger charge is -2.28. The van der Waals surface area contributed by atoms with Crippen LogP contribution in [0.4, 0.5) is 8.78 Å². The molecule has 84 valence electrons. The van der Waals surface area contributed by atoms with Gasteiger partial charge in [-0.25, -0.2) is 8.78 Å². The zero-order chi connectivity index (χ0) is 10.8. The van der Waals surface area contributed by atoms with Gasteiger partial charge in [-0.2, -0.15) is 5.16 Å². The van der Waals surface area contributed by atoms with Gasteiger partial charge < -0.3 is 9.84 Å². The third-order valence-electron chi connectivity index (χ3n) is 2.69. The highest BCUT2D eigenvalue weighted by Gasteiger charge is 2.30. The van der Waals surface area contributed by atoms with E-state index in [2.05, 4.69) is 10.5 Å². The molecule has 15 heavy (non-hydrogen) atoms. The van der Waals surface area contributed by atoms with Crippen LogP contribution in [-0.2, 0) is 0 Å². The Morgan fingerprint density at radius 1 is 1.53 bits per heavy atom. The Hall–Kier alpha value is -1.17. The number of piperidine rings is 1. The van der Waals surface area contributed by atoms with E-state index in [0.29, 0.717) is 25.1 Å². The van der Waals surface area contributed by atoms with E-state index in [9.17, 15) is 13.6 Å². The Morgan fingerprint density at radius 2 is 2.33 bits per heavy atom. The molecule has 0 saturated carbocycles. The number of hydrogen-bond acceptors (Lipinski definition) is 3. The summed E-state index contributed by atoms with van der Waals surface area (Å²) in [7, 11) is 0. The molecule has 0 bridgehead atoms. The number of aromatic nitrogens is 1. The molecule has 1 aliphatic rings. The molecular formula is C9H12F2N2O2. The van der Waals surface area contributed by atoms with Gasteiger partial charge in [0.15, 0.2) is 0 Å². The predicted molar refractivity (Wildman–Crippen MR) is 49.1 cm³/mol. The van der Waals surface area contributed by atoms with Gasteiger partial charge >= 0.3 is 0 Å². The summed E-state index contributed by atoms with van der Waals surface area (Å²) in [6.45, 7) is 0.522. The Morgan fingerprint density at radius 3 is 2.93 bits per heavy atom. The first-order valence-corrected chi connectivity index (χ1v) is 4.87. The van der Waals surface area contributed by atoms with Gasteiger partial charge in [-0.3, -0.25) is 4.79 Å². The van der Waals surface area contributed by atoms with Crippen molar-refractivity contribution in [3.63, 3.8) is 0 Å². The number of rotatable bonds is 2. The molecule has 4 nitrogen and oxygen atoms in total. The lowest BCUT2D eigenvalue weighted by Crippen LogP contribution is -2.42. The van der Waals surface area contributed by atoms with Crippen LogP contribution in [0.2, 0.25) is 0 Å². The van der Waals surface area contributed by atoms with Crippen molar-refractivity contribution in [1.29, 1.82) is 0 Å². The minimum atomic E-state index is -2.38. The number of hydrogen-bond donors (Lipinski definition) is 2. The maximum Gasteiger partial charge on any atom is 0.280 e. The van der Waals surface area contributed by atoms with Gasteiger partial charge in [0.1, 0.15) is 5.76 Å². The summed E-state index contributed by atoms with van der Waals surface area (Å²) in [6.07, 6.45) is -1.36. The number of aromatic amines is 1. The monoisotopic (exact) mass is 218 g/mol. The van der Waals surface area contributed by atoms with Gasteiger partial charge in [0.25, 0.3) is 12.0 Å². The van der Waals surface area contributed by atoms with Gasteiger partial charge in [0.05, 0.1) is 6.04 Å². The van der Waals surface area contributed by atoms with Crippen molar-refractivity contribution >= 4 is 0 Å². The number of H-pyrrole nitrogens is 1. The van der Waals surface area contributed by atoms with E-state index < -0.39 is 12.5 Å². The lowest BCUT2D eigenvalue weighted by molar-refractivity contribution is 0.0779. The molecule has 2 rings (SSSR count). The molecule has 0 aliphatic carbocycles. The zero-order valence-corrected chi connectivity index (χ0v) is 8.00. The van der Waals surface area contributed by atoms with Crippen molar-refractivity contribution in [3.8, 4) is 0 Å². The van der Waals surface area contributed by atoms with Crippen LogP contribution in [-0.4, -0.2) is 24.2 Å². The normalized spacial score (nSPS) is 27.1. The van der Waals surface area contributed by atoms with Crippen molar-refractivity contribution in [2.75, 3.05) is 6.54 Å². The van der Waals surface area contributed by atoms with Gasteiger partial charge in [0, 0.05) is 12.0 Å². The Balaban J connectivity index is 2.07. The van der Waals surface area contributed by atoms with Crippen LogP contribution in [0.25, 0.3) is 0 Å². The zero-order valence-electron chi connectivity index (χ0n) is 8.00. The average molecular weight is 218 g/mol. The number of halogens is 2. The van der Waals surface area contributed by atoms with Gasteiger partial charge in [0.2, 0.25) is 0 Å². The third-order valence-corrected chi connectivity index (χ3v) is 2.69. The molecule has 1 saturated heterocycles. The minimum absolute atomic E-state index is 0.0933. The Labute approximate surface area is 84.6 Å². The van der Waals surface area contributed by atoms with E-state index >= 15 is 0 Å². The highest BCUT2D eigenvalue weighted by Crippen LogP contribution is 2.28. The minimum Gasteiger partial charge on any atom is -0.383 e. The van der Waals surface area contributed by atoms with E-state index in [4.69, 9.17) is 4.52 Å². The van der Waals surface area contributed by atoms with E-state index in [1.165, 1.54) is 6.07 Å². The molecule has 1 aliphatic heterocycles. The Bertz CT molecular complexity index is 374. The smallest absolute Gasteiger partial charge is 0.280 e. The first-order chi connectivity index (χ1) is 7.16. The van der Waals surface area contributed by atoms with E-state index in [1.54, 1.807) is 0 Å². The molecule has 2 N–H and O–H groups in total. The van der Waals surface area contributed by atoms with Gasteiger partial charge in [-0.1, -0.05) is 0 Å². The summed E-state index contributed by atoms with van der Waals surface area (Å²) < 4.78 is 29.8. The van der Waals surface area contributed by atoms with Crippen LogP contribution in [0, 0.1) is 0 Å². The van der Waals surface area contributed by atoms with Crippen LogP contribution in [0.1, 0.15) is 24.5 Å². The van der Waals surface area contributed by atoms with Crippen LogP contribution in [0.3, 0.4) is 0 Å². The summed E-state index contributed by atoms with van der Waals surface area (Å²) in [5.41, 5.74) is -0.322. The third kappa shape index (κ3) is 2.26. The van der Waals surface area contributed by atoms with Crippen molar-refractivity contribution in [3.05, 3.63) is 22.2 Å². The molecule has 1 fully saturated rings. The second-order valence-corrected chi connectivity index (χ2v) is 3.73.